The molecule has 1 aliphatic rings. The van der Waals surface area contributed by atoms with E-state index in [2.05, 4.69) is 26.8 Å². The van der Waals surface area contributed by atoms with E-state index in [1.165, 1.54) is 25.3 Å². The standard InChI is InChI=1S/C22H26FN5O/c1-2-3-4-9-26-10-12-27(13-11-26)20-7-5-17(14-19(20)23)21-15-24-22-8-6-18(16-29)25-28(21)22/h5-8,14-16H,2-4,9-13H2,1H3. The Balaban J connectivity index is 1.50. The number of piperazine rings is 1. The molecule has 2 aromatic heterocycles. The van der Waals surface area contributed by atoms with E-state index < -0.39 is 0 Å². The molecule has 0 N–H and O–H groups in total. The third-order valence-electron chi connectivity index (χ3n) is 5.54. The van der Waals surface area contributed by atoms with Crippen molar-refractivity contribution in [3.63, 3.8) is 0 Å². The predicted molar refractivity (Wildman–Crippen MR) is 112 cm³/mol. The van der Waals surface area contributed by atoms with Crippen LogP contribution in [0.25, 0.3) is 16.9 Å². The number of rotatable bonds is 7. The summed E-state index contributed by atoms with van der Waals surface area (Å²) in [5.74, 6) is -0.247. The van der Waals surface area contributed by atoms with Crippen molar-refractivity contribution < 1.29 is 9.18 Å². The van der Waals surface area contributed by atoms with E-state index in [-0.39, 0.29) is 5.82 Å². The number of hydrogen-bond acceptors (Lipinski definition) is 5. The molecule has 0 bridgehead atoms. The molecule has 6 nitrogen and oxygen atoms in total. The number of carbonyl (C=O) groups excluding carboxylic acids is 1. The largest absolute Gasteiger partial charge is 0.367 e. The normalized spacial score (nSPS) is 15.2. The van der Waals surface area contributed by atoms with Gasteiger partial charge in [-0.05, 0) is 37.2 Å². The summed E-state index contributed by atoms with van der Waals surface area (Å²) in [6.07, 6.45) is 6.08. The van der Waals surface area contributed by atoms with Crippen LogP contribution in [-0.2, 0) is 0 Å². The summed E-state index contributed by atoms with van der Waals surface area (Å²) in [5, 5.41) is 4.26. The number of aromatic nitrogens is 3. The van der Waals surface area contributed by atoms with Gasteiger partial charge in [-0.3, -0.25) is 9.69 Å². The molecule has 152 valence electrons. The van der Waals surface area contributed by atoms with Crippen molar-refractivity contribution in [1.29, 1.82) is 0 Å². The monoisotopic (exact) mass is 395 g/mol. The zero-order valence-electron chi connectivity index (χ0n) is 16.7. The van der Waals surface area contributed by atoms with E-state index in [1.807, 2.05) is 12.1 Å². The van der Waals surface area contributed by atoms with E-state index in [0.29, 0.717) is 34.6 Å². The van der Waals surface area contributed by atoms with E-state index >= 15 is 0 Å². The maximum Gasteiger partial charge on any atom is 0.170 e. The summed E-state index contributed by atoms with van der Waals surface area (Å²) in [5.41, 5.74) is 2.92. The van der Waals surface area contributed by atoms with Gasteiger partial charge < -0.3 is 4.90 Å². The molecule has 0 atom stereocenters. The third kappa shape index (κ3) is 4.15. The van der Waals surface area contributed by atoms with Crippen LogP contribution in [-0.4, -0.2) is 58.5 Å². The van der Waals surface area contributed by atoms with Gasteiger partial charge >= 0.3 is 0 Å². The second kappa shape index (κ2) is 8.69. The highest BCUT2D eigenvalue weighted by molar-refractivity contribution is 5.73. The summed E-state index contributed by atoms with van der Waals surface area (Å²) in [6, 6.07) is 8.60. The van der Waals surface area contributed by atoms with Crippen LogP contribution >= 0.6 is 0 Å². The van der Waals surface area contributed by atoms with Crippen LogP contribution in [0.3, 0.4) is 0 Å². The molecule has 1 fully saturated rings. The van der Waals surface area contributed by atoms with Crippen LogP contribution in [0.5, 0.6) is 0 Å². The molecule has 3 heterocycles. The minimum atomic E-state index is -0.247. The Morgan fingerprint density at radius 3 is 2.66 bits per heavy atom. The second-order valence-corrected chi connectivity index (χ2v) is 7.49. The lowest BCUT2D eigenvalue weighted by Crippen LogP contribution is -2.46. The molecule has 0 aliphatic carbocycles. The molecule has 0 unspecified atom stereocenters. The van der Waals surface area contributed by atoms with Gasteiger partial charge in [0.25, 0.3) is 0 Å². The summed E-state index contributed by atoms with van der Waals surface area (Å²) in [6.45, 7) is 6.96. The Kier molecular flexibility index (Phi) is 5.85. The number of nitrogens with zero attached hydrogens (tertiary/aromatic N) is 5. The highest BCUT2D eigenvalue weighted by Crippen LogP contribution is 2.27. The molecule has 1 aliphatic heterocycles. The van der Waals surface area contributed by atoms with Crippen LogP contribution in [0.1, 0.15) is 36.7 Å². The fourth-order valence-corrected chi connectivity index (χ4v) is 3.87. The Morgan fingerprint density at radius 2 is 1.93 bits per heavy atom. The van der Waals surface area contributed by atoms with Crippen LogP contribution in [0.4, 0.5) is 10.1 Å². The highest BCUT2D eigenvalue weighted by Gasteiger charge is 2.20. The Hall–Kier alpha value is -2.80. The lowest BCUT2D eigenvalue weighted by atomic mass is 10.1. The number of anilines is 1. The molecule has 0 spiro atoms. The quantitative estimate of drug-likeness (QED) is 0.451. The van der Waals surface area contributed by atoms with Crippen molar-refractivity contribution in [1.82, 2.24) is 19.5 Å². The summed E-state index contributed by atoms with van der Waals surface area (Å²) in [4.78, 5) is 19.9. The number of benzene rings is 1. The first kappa shape index (κ1) is 19.5. The molecule has 29 heavy (non-hydrogen) atoms. The molecule has 1 saturated heterocycles. The number of imidazole rings is 1. The first-order chi connectivity index (χ1) is 14.2. The summed E-state index contributed by atoms with van der Waals surface area (Å²) < 4.78 is 16.5. The topological polar surface area (TPSA) is 53.7 Å². The smallest absolute Gasteiger partial charge is 0.170 e. The van der Waals surface area contributed by atoms with Gasteiger partial charge in [0.05, 0.1) is 17.6 Å². The minimum absolute atomic E-state index is 0.247. The molecule has 0 saturated carbocycles. The SMILES string of the molecule is CCCCCN1CCN(c2ccc(-c3cnc4ccc(C=O)nn34)cc2F)CC1. The first-order valence-corrected chi connectivity index (χ1v) is 10.3. The van der Waals surface area contributed by atoms with E-state index in [9.17, 15) is 9.18 Å². The fourth-order valence-electron chi connectivity index (χ4n) is 3.87. The van der Waals surface area contributed by atoms with Crippen LogP contribution in [0, 0.1) is 5.82 Å². The predicted octanol–water partition coefficient (Wildman–Crippen LogP) is 3.66. The lowest BCUT2D eigenvalue weighted by molar-refractivity contribution is 0.111. The van der Waals surface area contributed by atoms with Crippen molar-refractivity contribution in [2.75, 3.05) is 37.6 Å². The maximum atomic E-state index is 15.0. The Bertz CT molecular complexity index is 994. The van der Waals surface area contributed by atoms with Crippen molar-refractivity contribution in [3.8, 4) is 11.3 Å². The van der Waals surface area contributed by atoms with Gasteiger partial charge in [-0.1, -0.05) is 25.8 Å². The van der Waals surface area contributed by atoms with E-state index in [1.54, 1.807) is 22.8 Å². The van der Waals surface area contributed by atoms with Crippen molar-refractivity contribution in [3.05, 3.63) is 48.0 Å². The van der Waals surface area contributed by atoms with Gasteiger partial charge in [-0.15, -0.1) is 0 Å². The molecule has 0 radical (unpaired) electrons. The third-order valence-corrected chi connectivity index (χ3v) is 5.54. The molecule has 0 amide bonds. The van der Waals surface area contributed by atoms with Crippen LogP contribution in [0.15, 0.2) is 36.5 Å². The molecular formula is C22H26FN5O. The maximum absolute atomic E-state index is 15.0. The van der Waals surface area contributed by atoms with Gasteiger partial charge in [-0.25, -0.2) is 13.9 Å². The molecular weight excluding hydrogens is 369 g/mol. The second-order valence-electron chi connectivity index (χ2n) is 7.49. The molecule has 7 heteroatoms. The van der Waals surface area contributed by atoms with Gasteiger partial charge in [0.1, 0.15) is 11.5 Å². The number of carbonyl (C=O) groups is 1. The zero-order chi connectivity index (χ0) is 20.2. The number of unbranched alkanes of at least 4 members (excludes halogenated alkanes) is 2. The fraction of sp³-hybridized carbons (Fsp3) is 0.409. The minimum Gasteiger partial charge on any atom is -0.367 e. The van der Waals surface area contributed by atoms with Gasteiger partial charge in [-0.2, -0.15) is 5.10 Å². The Morgan fingerprint density at radius 1 is 1.10 bits per heavy atom. The Labute approximate surface area is 170 Å². The number of hydrogen-bond donors (Lipinski definition) is 0. The van der Waals surface area contributed by atoms with Gasteiger partial charge in [0, 0.05) is 31.7 Å². The number of halogens is 1. The zero-order valence-corrected chi connectivity index (χ0v) is 16.7. The molecule has 1 aromatic carbocycles. The number of aldehydes is 1. The van der Waals surface area contributed by atoms with Crippen LogP contribution < -0.4 is 4.90 Å². The van der Waals surface area contributed by atoms with Crippen LogP contribution in [0.2, 0.25) is 0 Å². The van der Waals surface area contributed by atoms with Crippen molar-refractivity contribution in [2.45, 2.75) is 26.2 Å². The average Bonchev–Trinajstić information content (AvgIpc) is 3.17. The van der Waals surface area contributed by atoms with Crippen molar-refractivity contribution in [2.24, 2.45) is 0 Å². The summed E-state index contributed by atoms with van der Waals surface area (Å²) >= 11 is 0. The van der Waals surface area contributed by atoms with Gasteiger partial charge in [0.15, 0.2) is 11.9 Å². The van der Waals surface area contributed by atoms with E-state index in [0.717, 1.165) is 32.7 Å². The number of fused-ring (bicyclic) bond motifs is 1. The highest BCUT2D eigenvalue weighted by atomic mass is 19.1. The van der Waals surface area contributed by atoms with Gasteiger partial charge in [0.2, 0.25) is 0 Å². The van der Waals surface area contributed by atoms with E-state index in [4.69, 9.17) is 0 Å². The molecule has 4 rings (SSSR count). The molecule has 3 aromatic rings. The lowest BCUT2D eigenvalue weighted by Gasteiger charge is -2.36. The summed E-state index contributed by atoms with van der Waals surface area (Å²) in [7, 11) is 0. The average molecular weight is 395 g/mol. The first-order valence-electron chi connectivity index (χ1n) is 10.3. The van der Waals surface area contributed by atoms with Crippen molar-refractivity contribution >= 4 is 17.6 Å².